The summed E-state index contributed by atoms with van der Waals surface area (Å²) >= 11 is 1.46. The summed E-state index contributed by atoms with van der Waals surface area (Å²) in [6.07, 6.45) is 2.54. The molecule has 2 fully saturated rings. The van der Waals surface area contributed by atoms with Crippen molar-refractivity contribution in [3.05, 3.63) is 5.82 Å². The molecule has 1 N–H and O–H groups in total. The summed E-state index contributed by atoms with van der Waals surface area (Å²) in [5.74, 6) is 1.12. The Morgan fingerprint density at radius 1 is 1.23 bits per heavy atom. The van der Waals surface area contributed by atoms with Gasteiger partial charge in [-0.3, -0.25) is 14.6 Å². The third-order valence-electron chi connectivity index (χ3n) is 6.40. The van der Waals surface area contributed by atoms with Crippen molar-refractivity contribution < 1.29 is 4.79 Å². The zero-order chi connectivity index (χ0) is 22.1. The second kappa shape index (κ2) is 9.49. The van der Waals surface area contributed by atoms with Crippen LogP contribution in [0.25, 0.3) is 0 Å². The summed E-state index contributed by atoms with van der Waals surface area (Å²) in [4.78, 5) is 24.5. The van der Waals surface area contributed by atoms with E-state index >= 15 is 0 Å². The van der Waals surface area contributed by atoms with Crippen LogP contribution >= 0.6 is 11.5 Å². The van der Waals surface area contributed by atoms with Gasteiger partial charge >= 0.3 is 0 Å². The number of carbonyl (C=O) groups excluding carboxylic acids is 1. The Labute approximate surface area is 186 Å². The zero-order valence-corrected chi connectivity index (χ0v) is 20.6. The van der Waals surface area contributed by atoms with Gasteiger partial charge in [-0.05, 0) is 47.1 Å². The van der Waals surface area contributed by atoms with Crippen molar-refractivity contribution in [2.75, 3.05) is 31.5 Å². The van der Waals surface area contributed by atoms with E-state index in [9.17, 15) is 4.79 Å². The van der Waals surface area contributed by atoms with Crippen molar-refractivity contribution in [1.82, 2.24) is 24.1 Å². The highest BCUT2D eigenvalue weighted by Gasteiger charge is 2.36. The van der Waals surface area contributed by atoms with Crippen LogP contribution in [0.4, 0.5) is 5.13 Å². The first-order chi connectivity index (χ1) is 14.1. The van der Waals surface area contributed by atoms with Crippen LogP contribution in [0.1, 0.15) is 67.1 Å². The average Bonchev–Trinajstić information content (AvgIpc) is 3.30. The number of carbonyl (C=O) groups is 1. The molecule has 0 unspecified atom stereocenters. The van der Waals surface area contributed by atoms with E-state index in [-0.39, 0.29) is 17.4 Å². The maximum atomic E-state index is 12.8. The number of nitrogens with zero attached hydrogens (tertiary/aromatic N) is 5. The van der Waals surface area contributed by atoms with Gasteiger partial charge in [0, 0.05) is 60.7 Å². The zero-order valence-electron chi connectivity index (χ0n) is 19.8. The van der Waals surface area contributed by atoms with Crippen LogP contribution in [0.5, 0.6) is 0 Å². The van der Waals surface area contributed by atoms with E-state index in [0.717, 1.165) is 37.1 Å². The molecule has 1 amide bonds. The van der Waals surface area contributed by atoms with E-state index in [2.05, 4.69) is 47.2 Å². The molecule has 1 aromatic rings. The van der Waals surface area contributed by atoms with Gasteiger partial charge in [0.2, 0.25) is 11.0 Å². The summed E-state index contributed by atoms with van der Waals surface area (Å²) < 4.78 is 4.59. The number of anilines is 1. The monoisotopic (exact) mass is 436 g/mol. The second-order valence-electron chi connectivity index (χ2n) is 10.4. The molecule has 2 aliphatic rings. The lowest BCUT2D eigenvalue weighted by atomic mass is 9.92. The van der Waals surface area contributed by atoms with E-state index in [1.165, 1.54) is 30.9 Å². The lowest BCUT2D eigenvalue weighted by molar-refractivity contribution is -0.145. The third-order valence-corrected chi connectivity index (χ3v) is 7.12. The van der Waals surface area contributed by atoms with Gasteiger partial charge in [-0.2, -0.15) is 4.37 Å². The van der Waals surface area contributed by atoms with Gasteiger partial charge in [0.25, 0.3) is 0 Å². The van der Waals surface area contributed by atoms with E-state index < -0.39 is 0 Å². The standard InChI is InChI=1S/C22H40N6OS/c1-15(2)27-10-8-9-18(27)11-23-21-24-19(25-30-21)14-26-12-17(4)28(13-16(26)3)20(29)22(5,6)7/h15-18H,8-14H2,1-7H3,(H,23,24,25)/t16-,17-,18-/m0/s1. The molecule has 0 spiro atoms. The Kier molecular flexibility index (Phi) is 7.40. The van der Waals surface area contributed by atoms with Crippen molar-refractivity contribution >= 4 is 22.6 Å². The minimum absolute atomic E-state index is 0.202. The van der Waals surface area contributed by atoms with Gasteiger partial charge in [-0.1, -0.05) is 20.8 Å². The van der Waals surface area contributed by atoms with E-state index in [1.807, 2.05) is 25.7 Å². The number of likely N-dealkylation sites (tertiary alicyclic amines) is 1. The summed E-state index contributed by atoms with van der Waals surface area (Å²) in [5.41, 5.74) is -0.336. The maximum absolute atomic E-state index is 12.8. The maximum Gasteiger partial charge on any atom is 0.228 e. The quantitative estimate of drug-likeness (QED) is 0.738. The predicted octanol–water partition coefficient (Wildman–Crippen LogP) is 3.29. The first-order valence-electron chi connectivity index (χ1n) is 11.4. The van der Waals surface area contributed by atoms with Gasteiger partial charge in [0.05, 0.1) is 6.54 Å². The molecule has 3 heterocycles. The third kappa shape index (κ3) is 5.51. The molecule has 0 aromatic carbocycles. The van der Waals surface area contributed by atoms with Gasteiger partial charge in [-0.15, -0.1) is 0 Å². The largest absolute Gasteiger partial charge is 0.359 e. The number of hydrogen-bond donors (Lipinski definition) is 1. The van der Waals surface area contributed by atoms with Gasteiger partial charge < -0.3 is 10.2 Å². The Balaban J connectivity index is 1.53. The Morgan fingerprint density at radius 2 is 1.97 bits per heavy atom. The molecule has 2 saturated heterocycles. The van der Waals surface area contributed by atoms with Crippen molar-refractivity contribution in [3.63, 3.8) is 0 Å². The average molecular weight is 437 g/mol. The fraction of sp³-hybridized carbons (Fsp3) is 0.864. The highest BCUT2D eigenvalue weighted by atomic mass is 32.1. The first kappa shape index (κ1) is 23.4. The molecule has 0 radical (unpaired) electrons. The summed E-state index contributed by atoms with van der Waals surface area (Å²) in [5, 5.41) is 4.44. The van der Waals surface area contributed by atoms with Crippen LogP contribution in [0.2, 0.25) is 0 Å². The number of piperazine rings is 1. The SMILES string of the molecule is CC(C)N1CCC[C@H]1CNc1nc(CN2C[C@H](C)N(C(=O)C(C)(C)C)C[C@@H]2C)ns1. The summed E-state index contributed by atoms with van der Waals surface area (Å²) in [6.45, 7) is 19.4. The van der Waals surface area contributed by atoms with Crippen LogP contribution in [0, 0.1) is 5.41 Å². The Hall–Kier alpha value is -1.25. The second-order valence-corrected chi connectivity index (χ2v) is 11.1. The number of rotatable bonds is 6. The van der Waals surface area contributed by atoms with Crippen LogP contribution in [0.3, 0.4) is 0 Å². The lowest BCUT2D eigenvalue weighted by Gasteiger charge is -2.45. The fourth-order valence-corrected chi connectivity index (χ4v) is 5.25. The molecular weight excluding hydrogens is 396 g/mol. The van der Waals surface area contributed by atoms with Crippen molar-refractivity contribution in [1.29, 1.82) is 0 Å². The molecular formula is C22H40N6OS. The molecule has 0 aliphatic carbocycles. The molecule has 2 aliphatic heterocycles. The normalized spacial score (nSPS) is 26.5. The minimum Gasteiger partial charge on any atom is -0.359 e. The minimum atomic E-state index is -0.336. The number of hydrogen-bond acceptors (Lipinski definition) is 7. The topological polar surface area (TPSA) is 64.6 Å². The molecule has 170 valence electrons. The summed E-state index contributed by atoms with van der Waals surface area (Å²) in [6, 6.07) is 1.68. The molecule has 8 heteroatoms. The molecule has 0 bridgehead atoms. The molecule has 30 heavy (non-hydrogen) atoms. The lowest BCUT2D eigenvalue weighted by Crippen LogP contribution is -2.59. The Bertz CT molecular complexity index is 715. The smallest absolute Gasteiger partial charge is 0.228 e. The highest BCUT2D eigenvalue weighted by molar-refractivity contribution is 7.09. The van der Waals surface area contributed by atoms with E-state index in [1.54, 1.807) is 0 Å². The van der Waals surface area contributed by atoms with Crippen LogP contribution in [-0.4, -0.2) is 80.3 Å². The van der Waals surface area contributed by atoms with Crippen LogP contribution in [-0.2, 0) is 11.3 Å². The van der Waals surface area contributed by atoms with Gasteiger partial charge in [-0.25, -0.2) is 4.98 Å². The van der Waals surface area contributed by atoms with E-state index in [4.69, 9.17) is 4.98 Å². The van der Waals surface area contributed by atoms with E-state index in [0.29, 0.717) is 18.1 Å². The molecule has 1 aromatic heterocycles. The molecule has 7 nitrogen and oxygen atoms in total. The molecule has 3 rings (SSSR count). The predicted molar refractivity (Wildman–Crippen MR) is 124 cm³/mol. The number of aromatic nitrogens is 2. The summed E-state index contributed by atoms with van der Waals surface area (Å²) in [7, 11) is 0. The first-order valence-corrected chi connectivity index (χ1v) is 12.2. The fourth-order valence-electron chi connectivity index (χ4n) is 4.67. The Morgan fingerprint density at radius 3 is 2.63 bits per heavy atom. The molecule has 3 atom stereocenters. The van der Waals surface area contributed by atoms with Crippen molar-refractivity contribution in [2.45, 2.75) is 92.0 Å². The van der Waals surface area contributed by atoms with Crippen molar-refractivity contribution in [3.8, 4) is 0 Å². The van der Waals surface area contributed by atoms with Crippen LogP contribution in [0.15, 0.2) is 0 Å². The van der Waals surface area contributed by atoms with Gasteiger partial charge in [0.15, 0.2) is 5.82 Å². The van der Waals surface area contributed by atoms with Crippen molar-refractivity contribution in [2.24, 2.45) is 5.41 Å². The highest BCUT2D eigenvalue weighted by Crippen LogP contribution is 2.25. The van der Waals surface area contributed by atoms with Gasteiger partial charge in [0.1, 0.15) is 0 Å². The number of nitrogens with one attached hydrogen (secondary N) is 1. The van der Waals surface area contributed by atoms with Crippen LogP contribution < -0.4 is 5.32 Å². The number of amides is 1. The molecule has 0 saturated carbocycles.